The molecule has 3 aliphatic rings. The van der Waals surface area contributed by atoms with Crippen LogP contribution in [0.15, 0.2) is 34.9 Å². The highest BCUT2D eigenvalue weighted by Gasteiger charge is 2.56. The van der Waals surface area contributed by atoms with Crippen LogP contribution in [0, 0.1) is 10.8 Å². The predicted octanol–water partition coefficient (Wildman–Crippen LogP) is 3.84. The number of carbonyl (C=O) groups is 3. The fourth-order valence-corrected chi connectivity index (χ4v) is 5.00. The van der Waals surface area contributed by atoms with E-state index >= 15 is 0 Å². The zero-order valence-corrected chi connectivity index (χ0v) is 16.5. The average Bonchev–Trinajstić information content (AvgIpc) is 2.91. The van der Waals surface area contributed by atoms with Gasteiger partial charge in [0, 0.05) is 0 Å². The van der Waals surface area contributed by atoms with Crippen LogP contribution in [0.25, 0.3) is 0 Å². The molecule has 0 aromatic rings. The molecular weight excluding hydrogens is 344 g/mol. The molecule has 27 heavy (non-hydrogen) atoms. The van der Waals surface area contributed by atoms with E-state index < -0.39 is 22.8 Å². The first-order valence-corrected chi connectivity index (χ1v) is 9.86. The third-order valence-electron chi connectivity index (χ3n) is 6.31. The Kier molecular flexibility index (Phi) is 5.15. The number of fused-ring (bicyclic) bond motifs is 2. The Balaban J connectivity index is 2.15. The van der Waals surface area contributed by atoms with Crippen LogP contribution in [0.2, 0.25) is 0 Å². The lowest BCUT2D eigenvalue weighted by Gasteiger charge is -2.35. The SMILES string of the molecule is C=C1C2=CC(C(=O)OCC)(C(=O)OCC)CCC2=C2CCCCC12C(C)=O. The lowest BCUT2D eigenvalue weighted by atomic mass is 9.66. The summed E-state index contributed by atoms with van der Waals surface area (Å²) in [7, 11) is 0. The molecule has 0 N–H and O–H groups in total. The summed E-state index contributed by atoms with van der Waals surface area (Å²) in [5.41, 5.74) is 1.66. The molecule has 0 radical (unpaired) electrons. The van der Waals surface area contributed by atoms with E-state index in [-0.39, 0.29) is 19.0 Å². The summed E-state index contributed by atoms with van der Waals surface area (Å²) in [5.74, 6) is -1.07. The van der Waals surface area contributed by atoms with Crippen LogP contribution in [0.4, 0.5) is 0 Å². The Hall–Kier alpha value is -2.17. The zero-order valence-electron chi connectivity index (χ0n) is 16.5. The van der Waals surface area contributed by atoms with E-state index in [4.69, 9.17) is 9.47 Å². The van der Waals surface area contributed by atoms with Gasteiger partial charge in [-0.3, -0.25) is 14.4 Å². The van der Waals surface area contributed by atoms with Crippen molar-refractivity contribution in [3.63, 3.8) is 0 Å². The van der Waals surface area contributed by atoms with Crippen molar-refractivity contribution in [3.05, 3.63) is 34.9 Å². The molecule has 3 aliphatic carbocycles. The quantitative estimate of drug-likeness (QED) is 0.542. The number of ketones is 1. The van der Waals surface area contributed by atoms with E-state index in [0.717, 1.165) is 48.0 Å². The minimum atomic E-state index is -1.46. The van der Waals surface area contributed by atoms with Crippen LogP contribution in [-0.2, 0) is 23.9 Å². The first-order chi connectivity index (χ1) is 12.8. The highest BCUT2D eigenvalue weighted by Crippen LogP contribution is 2.60. The number of esters is 2. The molecule has 5 nitrogen and oxygen atoms in total. The van der Waals surface area contributed by atoms with Gasteiger partial charge in [0.2, 0.25) is 0 Å². The van der Waals surface area contributed by atoms with Gasteiger partial charge in [-0.2, -0.15) is 0 Å². The number of allylic oxidation sites excluding steroid dienone is 4. The molecule has 1 fully saturated rings. The second-order valence-corrected chi connectivity index (χ2v) is 7.57. The summed E-state index contributed by atoms with van der Waals surface area (Å²) in [5, 5.41) is 0. The first-order valence-electron chi connectivity index (χ1n) is 9.86. The summed E-state index contributed by atoms with van der Waals surface area (Å²) in [6.07, 6.45) is 6.18. The molecule has 1 atom stereocenters. The van der Waals surface area contributed by atoms with Gasteiger partial charge in [-0.15, -0.1) is 0 Å². The number of hydrogen-bond donors (Lipinski definition) is 0. The minimum absolute atomic E-state index is 0.0999. The van der Waals surface area contributed by atoms with Crippen LogP contribution in [0.5, 0.6) is 0 Å². The van der Waals surface area contributed by atoms with Gasteiger partial charge in [-0.1, -0.05) is 13.0 Å². The van der Waals surface area contributed by atoms with Gasteiger partial charge in [0.05, 0.1) is 18.6 Å². The third-order valence-corrected chi connectivity index (χ3v) is 6.31. The van der Waals surface area contributed by atoms with Gasteiger partial charge in [-0.25, -0.2) is 0 Å². The van der Waals surface area contributed by atoms with E-state index in [1.165, 1.54) is 0 Å². The average molecular weight is 372 g/mol. The van der Waals surface area contributed by atoms with Gasteiger partial charge >= 0.3 is 11.9 Å². The highest BCUT2D eigenvalue weighted by atomic mass is 16.6. The van der Waals surface area contributed by atoms with E-state index in [9.17, 15) is 14.4 Å². The smallest absolute Gasteiger partial charge is 0.327 e. The maximum atomic E-state index is 12.8. The fraction of sp³-hybridized carbons (Fsp3) is 0.591. The normalized spacial score (nSPS) is 26.0. The molecule has 0 bridgehead atoms. The number of ether oxygens (including phenoxy) is 2. The zero-order chi connectivity index (χ0) is 19.8. The van der Waals surface area contributed by atoms with Crippen molar-refractivity contribution in [3.8, 4) is 0 Å². The number of Topliss-reactive ketones (excluding diaryl/α,β-unsaturated/α-hetero) is 1. The van der Waals surface area contributed by atoms with E-state index in [1.807, 2.05) is 0 Å². The summed E-state index contributed by atoms with van der Waals surface area (Å²) < 4.78 is 10.5. The molecule has 1 unspecified atom stereocenters. The van der Waals surface area contributed by atoms with E-state index in [0.29, 0.717) is 12.8 Å². The Morgan fingerprint density at radius 1 is 1.04 bits per heavy atom. The van der Waals surface area contributed by atoms with Gasteiger partial charge < -0.3 is 9.47 Å². The maximum absolute atomic E-state index is 12.8. The van der Waals surface area contributed by atoms with Crippen LogP contribution in [-0.4, -0.2) is 30.9 Å². The Bertz CT molecular complexity index is 752. The van der Waals surface area contributed by atoms with Crippen LogP contribution in [0.3, 0.4) is 0 Å². The summed E-state index contributed by atoms with van der Waals surface area (Å²) >= 11 is 0. The Labute approximate surface area is 160 Å². The summed E-state index contributed by atoms with van der Waals surface area (Å²) in [6, 6.07) is 0. The molecular formula is C22H28O5. The van der Waals surface area contributed by atoms with Crippen molar-refractivity contribution in [1.82, 2.24) is 0 Å². The molecule has 3 rings (SSSR count). The van der Waals surface area contributed by atoms with Crippen molar-refractivity contribution in [1.29, 1.82) is 0 Å². The molecule has 0 aliphatic heterocycles. The van der Waals surface area contributed by atoms with Crippen molar-refractivity contribution in [2.45, 2.75) is 59.3 Å². The molecule has 5 heteroatoms. The molecule has 1 saturated carbocycles. The lowest BCUT2D eigenvalue weighted by Crippen LogP contribution is -2.42. The van der Waals surface area contributed by atoms with Crippen LogP contribution >= 0.6 is 0 Å². The lowest BCUT2D eigenvalue weighted by molar-refractivity contribution is -0.168. The molecule has 0 heterocycles. The Morgan fingerprint density at radius 2 is 1.67 bits per heavy atom. The molecule has 0 amide bonds. The largest absolute Gasteiger partial charge is 0.465 e. The van der Waals surface area contributed by atoms with Crippen LogP contribution in [0.1, 0.15) is 59.3 Å². The summed E-state index contributed by atoms with van der Waals surface area (Å²) in [4.78, 5) is 38.2. The van der Waals surface area contributed by atoms with E-state index in [2.05, 4.69) is 6.58 Å². The number of hydrogen-bond acceptors (Lipinski definition) is 5. The van der Waals surface area contributed by atoms with Gasteiger partial charge in [0.25, 0.3) is 0 Å². The standard InChI is InChI=1S/C22H28O5/c1-5-26-19(24)21(20(25)27-6-2)12-10-16-17(13-21)14(3)22(15(4)23)11-8-7-9-18(16)22/h13H,3,5-12H2,1-2,4H3. The topological polar surface area (TPSA) is 69.7 Å². The second kappa shape index (κ2) is 7.10. The van der Waals surface area contributed by atoms with Crippen molar-refractivity contribution < 1.29 is 23.9 Å². The highest BCUT2D eigenvalue weighted by molar-refractivity contribution is 6.04. The van der Waals surface area contributed by atoms with E-state index in [1.54, 1.807) is 26.8 Å². The van der Waals surface area contributed by atoms with Crippen molar-refractivity contribution in [2.24, 2.45) is 10.8 Å². The molecule has 0 aromatic carbocycles. The monoisotopic (exact) mass is 372 g/mol. The van der Waals surface area contributed by atoms with Crippen molar-refractivity contribution >= 4 is 17.7 Å². The molecule has 0 spiro atoms. The Morgan fingerprint density at radius 3 is 2.22 bits per heavy atom. The predicted molar refractivity (Wildman–Crippen MR) is 101 cm³/mol. The molecule has 0 saturated heterocycles. The van der Waals surface area contributed by atoms with Gasteiger partial charge in [0.15, 0.2) is 5.41 Å². The third kappa shape index (κ3) is 2.70. The summed E-state index contributed by atoms with van der Waals surface area (Å²) in [6.45, 7) is 9.69. The minimum Gasteiger partial charge on any atom is -0.465 e. The molecule has 0 aromatic heterocycles. The molecule has 146 valence electrons. The second-order valence-electron chi connectivity index (χ2n) is 7.57. The van der Waals surface area contributed by atoms with Crippen molar-refractivity contribution in [2.75, 3.05) is 13.2 Å². The number of rotatable bonds is 5. The van der Waals surface area contributed by atoms with Gasteiger partial charge in [-0.05, 0) is 81.2 Å². The van der Waals surface area contributed by atoms with Gasteiger partial charge in [0.1, 0.15) is 5.78 Å². The first kappa shape index (κ1) is 19.6. The van der Waals surface area contributed by atoms with Crippen LogP contribution < -0.4 is 0 Å². The maximum Gasteiger partial charge on any atom is 0.327 e. The fourth-order valence-electron chi connectivity index (χ4n) is 5.00. The number of carbonyl (C=O) groups excluding carboxylic acids is 3.